The van der Waals surface area contributed by atoms with Crippen molar-refractivity contribution in [3.05, 3.63) is 53.1 Å². The fourth-order valence-electron chi connectivity index (χ4n) is 4.07. The van der Waals surface area contributed by atoms with Gasteiger partial charge in [-0.2, -0.15) is 0 Å². The third-order valence-corrected chi connectivity index (χ3v) is 5.50. The minimum absolute atomic E-state index is 0.0136. The van der Waals surface area contributed by atoms with Crippen LogP contribution >= 0.6 is 0 Å². The van der Waals surface area contributed by atoms with Gasteiger partial charge in [-0.3, -0.25) is 0 Å². The molecule has 5 rings (SSSR count). The van der Waals surface area contributed by atoms with E-state index in [0.717, 1.165) is 40.2 Å². The van der Waals surface area contributed by atoms with Crippen LogP contribution in [-0.4, -0.2) is 24.9 Å². The number of hydrogen-bond donors (Lipinski definition) is 1. The zero-order valence-electron chi connectivity index (χ0n) is 14.7. The van der Waals surface area contributed by atoms with Gasteiger partial charge in [-0.15, -0.1) is 0 Å². The van der Waals surface area contributed by atoms with Crippen molar-refractivity contribution in [1.82, 2.24) is 0 Å². The average molecular weight is 352 g/mol. The summed E-state index contributed by atoms with van der Waals surface area (Å²) in [6.07, 6.45) is 0.641. The summed E-state index contributed by atoms with van der Waals surface area (Å²) < 4.78 is 23.4. The van der Waals surface area contributed by atoms with Crippen LogP contribution in [-0.2, 0) is 6.42 Å². The highest BCUT2D eigenvalue weighted by atomic mass is 16.5. The lowest BCUT2D eigenvalue weighted by Crippen LogP contribution is -2.23. The molecule has 3 heterocycles. The number of aromatic hydroxyl groups is 1. The Hall–Kier alpha value is -2.82. The molecule has 0 saturated carbocycles. The average Bonchev–Trinajstić information content (AvgIpc) is 3.21. The standard InChI is InChI=1S/C21H20O5/c1-10(2)16-7-11-6-13-18(8-17(11)25-16)24-9-14-12-4-5-15(23-3)19(22)21(12)26-20(13)14/h4-6,8,14,16,20,22H,1,7,9H2,2-3H3/t14-,16+,20-/m0/s1. The SMILES string of the molecule is C=C(C)[C@H]1Cc2cc3c(cc2O1)OC[C@H]1c2ccc(OC)c(O)c2O[C@@H]31. The molecule has 3 aliphatic rings. The highest BCUT2D eigenvalue weighted by Crippen LogP contribution is 2.56. The second-order valence-corrected chi connectivity index (χ2v) is 7.15. The molecule has 3 atom stereocenters. The van der Waals surface area contributed by atoms with Crippen LogP contribution in [0.3, 0.4) is 0 Å². The number of fused-ring (bicyclic) bond motifs is 6. The molecule has 5 nitrogen and oxygen atoms in total. The van der Waals surface area contributed by atoms with Gasteiger partial charge in [-0.05, 0) is 30.2 Å². The Morgan fingerprint density at radius 2 is 2.04 bits per heavy atom. The van der Waals surface area contributed by atoms with Crippen molar-refractivity contribution in [3.8, 4) is 28.7 Å². The first-order valence-electron chi connectivity index (χ1n) is 8.75. The quantitative estimate of drug-likeness (QED) is 0.831. The minimum atomic E-state index is -0.180. The molecule has 26 heavy (non-hydrogen) atoms. The molecule has 0 amide bonds. The number of ether oxygens (including phenoxy) is 4. The van der Waals surface area contributed by atoms with Gasteiger partial charge in [0.25, 0.3) is 0 Å². The smallest absolute Gasteiger partial charge is 0.201 e. The van der Waals surface area contributed by atoms with E-state index in [-0.39, 0.29) is 23.9 Å². The molecule has 2 aromatic carbocycles. The van der Waals surface area contributed by atoms with Gasteiger partial charge in [0.1, 0.15) is 23.7 Å². The van der Waals surface area contributed by atoms with Crippen molar-refractivity contribution >= 4 is 0 Å². The zero-order chi connectivity index (χ0) is 18.0. The number of phenolic OH excluding ortho intramolecular Hbond substituents is 1. The maximum absolute atomic E-state index is 10.4. The first-order valence-corrected chi connectivity index (χ1v) is 8.75. The Labute approximate surface area is 151 Å². The summed E-state index contributed by atoms with van der Waals surface area (Å²) in [5, 5.41) is 10.4. The van der Waals surface area contributed by atoms with Gasteiger partial charge in [0.05, 0.1) is 19.6 Å². The van der Waals surface area contributed by atoms with E-state index in [0.29, 0.717) is 18.1 Å². The van der Waals surface area contributed by atoms with E-state index < -0.39 is 0 Å². The summed E-state index contributed by atoms with van der Waals surface area (Å²) in [5.41, 5.74) is 4.11. The van der Waals surface area contributed by atoms with E-state index in [4.69, 9.17) is 18.9 Å². The molecule has 0 fully saturated rings. The summed E-state index contributed by atoms with van der Waals surface area (Å²) >= 11 is 0. The molecule has 2 aromatic rings. The van der Waals surface area contributed by atoms with E-state index in [2.05, 4.69) is 12.6 Å². The molecular weight excluding hydrogens is 332 g/mol. The van der Waals surface area contributed by atoms with Gasteiger partial charge < -0.3 is 24.1 Å². The maximum atomic E-state index is 10.4. The molecule has 0 aliphatic carbocycles. The number of benzene rings is 2. The Morgan fingerprint density at radius 1 is 1.19 bits per heavy atom. The second-order valence-electron chi connectivity index (χ2n) is 7.15. The molecular formula is C21H20O5. The van der Waals surface area contributed by atoms with E-state index in [1.54, 1.807) is 6.07 Å². The molecule has 5 heteroatoms. The second kappa shape index (κ2) is 5.34. The summed E-state index contributed by atoms with van der Waals surface area (Å²) in [6, 6.07) is 7.78. The Kier molecular flexibility index (Phi) is 3.17. The highest BCUT2D eigenvalue weighted by Gasteiger charge is 2.43. The van der Waals surface area contributed by atoms with Gasteiger partial charge in [0.2, 0.25) is 5.75 Å². The molecule has 0 spiro atoms. The fraction of sp³-hybridized carbons (Fsp3) is 0.333. The predicted octanol–water partition coefficient (Wildman–Crippen LogP) is 3.89. The molecule has 0 radical (unpaired) electrons. The van der Waals surface area contributed by atoms with E-state index in [9.17, 15) is 5.11 Å². The summed E-state index contributed by atoms with van der Waals surface area (Å²) in [6.45, 7) is 6.48. The fourth-order valence-corrected chi connectivity index (χ4v) is 4.07. The minimum Gasteiger partial charge on any atom is -0.502 e. The third-order valence-electron chi connectivity index (χ3n) is 5.50. The first-order chi connectivity index (χ1) is 12.6. The molecule has 0 aromatic heterocycles. The molecule has 134 valence electrons. The van der Waals surface area contributed by atoms with Gasteiger partial charge >= 0.3 is 0 Å². The van der Waals surface area contributed by atoms with Crippen LogP contribution in [0, 0.1) is 0 Å². The van der Waals surface area contributed by atoms with Gasteiger partial charge in [0.15, 0.2) is 11.5 Å². The molecule has 0 bridgehead atoms. The van der Waals surface area contributed by atoms with Crippen molar-refractivity contribution in [2.24, 2.45) is 0 Å². The Balaban J connectivity index is 1.55. The van der Waals surface area contributed by atoms with Crippen LogP contribution in [0.25, 0.3) is 0 Å². The monoisotopic (exact) mass is 352 g/mol. The maximum Gasteiger partial charge on any atom is 0.201 e. The lowest BCUT2D eigenvalue weighted by Gasteiger charge is -2.28. The van der Waals surface area contributed by atoms with Crippen molar-refractivity contribution in [2.45, 2.75) is 31.5 Å². The molecule has 1 N–H and O–H groups in total. The summed E-state index contributed by atoms with van der Waals surface area (Å²) in [7, 11) is 1.53. The van der Waals surface area contributed by atoms with E-state index in [1.807, 2.05) is 19.1 Å². The first kappa shape index (κ1) is 15.4. The summed E-state index contributed by atoms with van der Waals surface area (Å²) in [5.74, 6) is 2.64. The lowest BCUT2D eigenvalue weighted by atomic mass is 9.88. The van der Waals surface area contributed by atoms with Crippen molar-refractivity contribution in [2.75, 3.05) is 13.7 Å². The van der Waals surface area contributed by atoms with Crippen molar-refractivity contribution < 1.29 is 24.1 Å². The Bertz CT molecular complexity index is 932. The van der Waals surface area contributed by atoms with Crippen LogP contribution < -0.4 is 18.9 Å². The Morgan fingerprint density at radius 3 is 2.81 bits per heavy atom. The summed E-state index contributed by atoms with van der Waals surface area (Å²) in [4.78, 5) is 0. The number of hydrogen-bond acceptors (Lipinski definition) is 5. The number of rotatable bonds is 2. The van der Waals surface area contributed by atoms with Crippen LogP contribution in [0.1, 0.15) is 35.6 Å². The normalized spacial score (nSPS) is 24.3. The van der Waals surface area contributed by atoms with Crippen molar-refractivity contribution in [3.63, 3.8) is 0 Å². The van der Waals surface area contributed by atoms with E-state index in [1.165, 1.54) is 7.11 Å². The molecule has 0 saturated heterocycles. The van der Waals surface area contributed by atoms with Crippen LogP contribution in [0.15, 0.2) is 36.4 Å². The predicted molar refractivity (Wildman–Crippen MR) is 95.6 cm³/mol. The van der Waals surface area contributed by atoms with Crippen molar-refractivity contribution in [1.29, 1.82) is 0 Å². The van der Waals surface area contributed by atoms with Crippen LogP contribution in [0.2, 0.25) is 0 Å². The van der Waals surface area contributed by atoms with Gasteiger partial charge in [0, 0.05) is 23.6 Å². The molecule has 3 aliphatic heterocycles. The van der Waals surface area contributed by atoms with Gasteiger partial charge in [-0.1, -0.05) is 12.6 Å². The zero-order valence-corrected chi connectivity index (χ0v) is 14.7. The topological polar surface area (TPSA) is 57.2 Å². The van der Waals surface area contributed by atoms with Gasteiger partial charge in [-0.25, -0.2) is 0 Å². The van der Waals surface area contributed by atoms with Crippen LogP contribution in [0.5, 0.6) is 28.7 Å². The largest absolute Gasteiger partial charge is 0.502 e. The number of phenols is 1. The third kappa shape index (κ3) is 2.03. The molecule has 0 unspecified atom stereocenters. The highest BCUT2D eigenvalue weighted by molar-refractivity contribution is 5.61. The van der Waals surface area contributed by atoms with E-state index >= 15 is 0 Å². The number of methoxy groups -OCH3 is 1. The lowest BCUT2D eigenvalue weighted by molar-refractivity contribution is 0.136. The van der Waals surface area contributed by atoms with Crippen LogP contribution in [0.4, 0.5) is 0 Å².